The van der Waals surface area contributed by atoms with Crippen molar-refractivity contribution in [3.8, 4) is 6.07 Å². The lowest BCUT2D eigenvalue weighted by Crippen LogP contribution is -1.84. The molecular formula is C14H9BrN2S. The largest absolute Gasteiger partial charge is 0.256 e. The summed E-state index contributed by atoms with van der Waals surface area (Å²) in [4.78, 5) is 5.45. The second kappa shape index (κ2) is 4.34. The molecule has 3 aromatic rings. The van der Waals surface area contributed by atoms with Crippen LogP contribution in [0, 0.1) is 11.3 Å². The fraction of sp³-hybridized carbons (Fsp3) is 0.143. The average molecular weight is 317 g/mol. The van der Waals surface area contributed by atoms with Crippen LogP contribution in [0.1, 0.15) is 17.7 Å². The number of nitriles is 1. The van der Waals surface area contributed by atoms with E-state index in [1.807, 2.05) is 19.1 Å². The second-order valence-corrected chi connectivity index (χ2v) is 6.02. The maximum atomic E-state index is 9.07. The summed E-state index contributed by atoms with van der Waals surface area (Å²) in [6.07, 6.45) is 1.80. The van der Waals surface area contributed by atoms with Gasteiger partial charge in [-0.15, -0.1) is 11.3 Å². The van der Waals surface area contributed by atoms with Crippen molar-refractivity contribution in [1.29, 1.82) is 5.26 Å². The highest BCUT2D eigenvalue weighted by Gasteiger charge is 2.17. The minimum atomic E-state index is -0.0940. The van der Waals surface area contributed by atoms with Gasteiger partial charge in [0.2, 0.25) is 0 Å². The Hall–Kier alpha value is -1.44. The Bertz CT molecular complexity index is 785. The highest BCUT2D eigenvalue weighted by atomic mass is 79.9. The number of rotatable bonds is 1. The van der Waals surface area contributed by atoms with Crippen LogP contribution in [0.5, 0.6) is 0 Å². The van der Waals surface area contributed by atoms with Gasteiger partial charge in [0, 0.05) is 31.0 Å². The number of hydrogen-bond acceptors (Lipinski definition) is 3. The molecule has 0 N–H and O–H groups in total. The number of thiophene rings is 1. The smallest absolute Gasteiger partial charge is 0.0789 e. The zero-order valence-corrected chi connectivity index (χ0v) is 12.0. The summed E-state index contributed by atoms with van der Waals surface area (Å²) in [6.45, 7) is 1.93. The lowest BCUT2D eigenvalue weighted by molar-refractivity contribution is 1.01. The number of pyridine rings is 1. The maximum Gasteiger partial charge on any atom is 0.0789 e. The van der Waals surface area contributed by atoms with Crippen LogP contribution in [0.4, 0.5) is 0 Å². The molecule has 0 fully saturated rings. The van der Waals surface area contributed by atoms with Gasteiger partial charge in [-0.25, -0.2) is 0 Å². The third-order valence-electron chi connectivity index (χ3n) is 2.99. The fourth-order valence-corrected chi connectivity index (χ4v) is 4.32. The van der Waals surface area contributed by atoms with E-state index in [4.69, 9.17) is 5.26 Å². The monoisotopic (exact) mass is 316 g/mol. The predicted octanol–water partition coefficient (Wildman–Crippen LogP) is 4.84. The van der Waals surface area contributed by atoms with E-state index in [0.29, 0.717) is 0 Å². The first kappa shape index (κ1) is 11.6. The van der Waals surface area contributed by atoms with Gasteiger partial charge in [-0.3, -0.25) is 4.98 Å². The van der Waals surface area contributed by atoms with Crippen LogP contribution in [-0.4, -0.2) is 4.98 Å². The Morgan fingerprint density at radius 1 is 1.39 bits per heavy atom. The molecule has 1 atom stereocenters. The molecule has 2 nitrogen and oxygen atoms in total. The summed E-state index contributed by atoms with van der Waals surface area (Å²) in [5.74, 6) is -0.0940. The minimum absolute atomic E-state index is 0.0940. The molecule has 0 bridgehead atoms. The molecule has 0 saturated carbocycles. The highest BCUT2D eigenvalue weighted by Crippen LogP contribution is 2.42. The molecule has 0 spiro atoms. The molecule has 0 aliphatic rings. The number of aromatic nitrogens is 1. The lowest BCUT2D eigenvalue weighted by atomic mass is 10.1. The standard InChI is InChI=1S/C14H9BrN2S/c1-8(7-16)14-13(15)12-9-3-2-6-17-10(9)4-5-11(12)18-14/h2-6,8H,1H3. The van der Waals surface area contributed by atoms with Gasteiger partial charge in [0.1, 0.15) is 0 Å². The molecule has 1 aromatic carbocycles. The van der Waals surface area contributed by atoms with E-state index in [1.165, 1.54) is 10.1 Å². The summed E-state index contributed by atoms with van der Waals surface area (Å²) < 4.78 is 2.23. The van der Waals surface area contributed by atoms with E-state index in [0.717, 1.165) is 20.3 Å². The van der Waals surface area contributed by atoms with Gasteiger partial charge >= 0.3 is 0 Å². The molecule has 1 unspecified atom stereocenters. The van der Waals surface area contributed by atoms with E-state index in [-0.39, 0.29) is 5.92 Å². The first-order valence-electron chi connectivity index (χ1n) is 5.57. The van der Waals surface area contributed by atoms with E-state index >= 15 is 0 Å². The Kier molecular flexibility index (Phi) is 2.81. The number of benzene rings is 1. The van der Waals surface area contributed by atoms with Gasteiger partial charge in [0.05, 0.1) is 17.5 Å². The molecule has 0 radical (unpaired) electrons. The van der Waals surface area contributed by atoms with Gasteiger partial charge in [-0.05, 0) is 41.1 Å². The van der Waals surface area contributed by atoms with E-state index in [1.54, 1.807) is 17.5 Å². The Labute approximate surface area is 117 Å². The summed E-state index contributed by atoms with van der Waals surface area (Å²) in [7, 11) is 0. The first-order valence-corrected chi connectivity index (χ1v) is 7.18. The molecule has 0 aliphatic heterocycles. The molecule has 4 heteroatoms. The summed E-state index contributed by atoms with van der Waals surface area (Å²) >= 11 is 5.32. The predicted molar refractivity (Wildman–Crippen MR) is 78.9 cm³/mol. The van der Waals surface area contributed by atoms with E-state index in [9.17, 15) is 0 Å². The van der Waals surface area contributed by atoms with Gasteiger partial charge in [0.25, 0.3) is 0 Å². The van der Waals surface area contributed by atoms with Crippen molar-refractivity contribution >= 4 is 48.3 Å². The Morgan fingerprint density at radius 3 is 3.00 bits per heavy atom. The van der Waals surface area contributed by atoms with Crippen molar-refractivity contribution in [1.82, 2.24) is 4.98 Å². The zero-order chi connectivity index (χ0) is 12.7. The van der Waals surface area contributed by atoms with Crippen molar-refractivity contribution < 1.29 is 0 Å². The van der Waals surface area contributed by atoms with Crippen molar-refractivity contribution in [2.45, 2.75) is 12.8 Å². The number of nitrogens with zero attached hydrogens (tertiary/aromatic N) is 2. The van der Waals surface area contributed by atoms with Gasteiger partial charge in [0.15, 0.2) is 0 Å². The van der Waals surface area contributed by atoms with Gasteiger partial charge in [-0.1, -0.05) is 6.07 Å². The number of fused-ring (bicyclic) bond motifs is 3. The molecule has 3 rings (SSSR count). The van der Waals surface area contributed by atoms with Crippen LogP contribution in [0.15, 0.2) is 34.9 Å². The molecular weight excluding hydrogens is 308 g/mol. The second-order valence-electron chi connectivity index (χ2n) is 4.14. The van der Waals surface area contributed by atoms with Crippen LogP contribution in [0.25, 0.3) is 21.0 Å². The van der Waals surface area contributed by atoms with Crippen LogP contribution in [-0.2, 0) is 0 Å². The molecule has 0 saturated heterocycles. The number of halogens is 1. The third-order valence-corrected chi connectivity index (χ3v) is 5.41. The van der Waals surface area contributed by atoms with Crippen molar-refractivity contribution in [2.75, 3.05) is 0 Å². The molecule has 0 aliphatic carbocycles. The molecule has 88 valence electrons. The topological polar surface area (TPSA) is 36.7 Å². The number of hydrogen-bond donors (Lipinski definition) is 0. The molecule has 2 heterocycles. The third kappa shape index (κ3) is 1.63. The van der Waals surface area contributed by atoms with Gasteiger partial charge in [-0.2, -0.15) is 5.26 Å². The normalized spacial score (nSPS) is 12.7. The zero-order valence-electron chi connectivity index (χ0n) is 9.64. The average Bonchev–Trinajstić information content (AvgIpc) is 2.76. The van der Waals surface area contributed by atoms with Crippen LogP contribution >= 0.6 is 27.3 Å². The Morgan fingerprint density at radius 2 is 2.22 bits per heavy atom. The van der Waals surface area contributed by atoms with Gasteiger partial charge < -0.3 is 0 Å². The Balaban J connectivity index is 2.45. The van der Waals surface area contributed by atoms with E-state index in [2.05, 4.69) is 39.1 Å². The maximum absolute atomic E-state index is 9.07. The quantitative estimate of drug-likeness (QED) is 0.644. The fourth-order valence-electron chi connectivity index (χ4n) is 2.07. The lowest BCUT2D eigenvalue weighted by Gasteiger charge is -2.00. The molecule has 0 amide bonds. The highest BCUT2D eigenvalue weighted by molar-refractivity contribution is 9.10. The summed E-state index contributed by atoms with van der Waals surface area (Å²) in [5, 5.41) is 11.4. The molecule has 2 aromatic heterocycles. The van der Waals surface area contributed by atoms with E-state index < -0.39 is 0 Å². The van der Waals surface area contributed by atoms with Crippen LogP contribution < -0.4 is 0 Å². The van der Waals surface area contributed by atoms with Crippen LogP contribution in [0.3, 0.4) is 0 Å². The first-order chi connectivity index (χ1) is 8.72. The molecule has 18 heavy (non-hydrogen) atoms. The van der Waals surface area contributed by atoms with Crippen molar-refractivity contribution in [3.63, 3.8) is 0 Å². The van der Waals surface area contributed by atoms with Crippen molar-refractivity contribution in [2.24, 2.45) is 0 Å². The summed E-state index contributed by atoms with van der Waals surface area (Å²) in [6, 6.07) is 10.4. The SMILES string of the molecule is CC(C#N)c1sc2ccc3ncccc3c2c1Br. The van der Waals surface area contributed by atoms with Crippen molar-refractivity contribution in [3.05, 3.63) is 39.8 Å². The minimum Gasteiger partial charge on any atom is -0.256 e. The summed E-state index contributed by atoms with van der Waals surface area (Å²) in [5.41, 5.74) is 0.986. The van der Waals surface area contributed by atoms with Crippen LogP contribution in [0.2, 0.25) is 0 Å².